The fourth-order valence-electron chi connectivity index (χ4n) is 2.18. The number of nitrogens with one attached hydrogen (secondary N) is 1. The average Bonchev–Trinajstić information content (AvgIpc) is 2.29. The van der Waals surface area contributed by atoms with Gasteiger partial charge < -0.3 is 10.2 Å². The van der Waals surface area contributed by atoms with Gasteiger partial charge in [0.2, 0.25) is 0 Å². The average molecular weight is 283 g/mol. The molecule has 1 heterocycles. The van der Waals surface area contributed by atoms with E-state index in [0.29, 0.717) is 0 Å². The van der Waals surface area contributed by atoms with Crippen LogP contribution in [0, 0.1) is 0 Å². The van der Waals surface area contributed by atoms with Crippen molar-refractivity contribution in [2.24, 2.45) is 0 Å². The van der Waals surface area contributed by atoms with Crippen molar-refractivity contribution in [2.45, 2.75) is 25.8 Å². The van der Waals surface area contributed by atoms with Crippen molar-refractivity contribution in [2.75, 3.05) is 24.5 Å². The summed E-state index contributed by atoms with van der Waals surface area (Å²) in [5.74, 6) is 0. The van der Waals surface area contributed by atoms with Gasteiger partial charge in [0, 0.05) is 35.3 Å². The molecule has 1 fully saturated rings. The summed E-state index contributed by atoms with van der Waals surface area (Å²) >= 11 is 3.53. The van der Waals surface area contributed by atoms with Crippen molar-refractivity contribution in [3.8, 4) is 0 Å². The van der Waals surface area contributed by atoms with E-state index in [1.807, 2.05) is 0 Å². The number of nitrogens with zero attached hydrogens (tertiary/aromatic N) is 1. The highest BCUT2D eigenvalue weighted by atomic mass is 79.9. The Balaban J connectivity index is 2.16. The molecular weight excluding hydrogens is 264 g/mol. The monoisotopic (exact) mass is 282 g/mol. The molecule has 2 nitrogen and oxygen atoms in total. The first kappa shape index (κ1) is 11.9. The maximum Gasteiger partial charge on any atom is 0.0378 e. The molecule has 1 unspecified atom stereocenters. The van der Waals surface area contributed by atoms with Crippen molar-refractivity contribution in [1.82, 2.24) is 5.32 Å². The third kappa shape index (κ3) is 2.58. The topological polar surface area (TPSA) is 15.3 Å². The summed E-state index contributed by atoms with van der Waals surface area (Å²) in [6, 6.07) is 8.56. The summed E-state index contributed by atoms with van der Waals surface area (Å²) in [6.07, 6.45) is 1.16. The van der Waals surface area contributed by atoms with Crippen LogP contribution in [0.1, 0.15) is 20.3 Å². The van der Waals surface area contributed by atoms with Gasteiger partial charge in [-0.1, -0.05) is 28.9 Å². The SMILES string of the molecule is CCC1(C)CN(c2cccc(Br)c2)CCN1. The Kier molecular flexibility index (Phi) is 3.55. The molecular formula is C13H19BrN2. The van der Waals surface area contributed by atoms with Gasteiger partial charge in [-0.25, -0.2) is 0 Å². The summed E-state index contributed by atoms with van der Waals surface area (Å²) in [7, 11) is 0. The van der Waals surface area contributed by atoms with Crippen LogP contribution in [-0.4, -0.2) is 25.2 Å². The van der Waals surface area contributed by atoms with Crippen LogP contribution in [-0.2, 0) is 0 Å². The molecule has 1 atom stereocenters. The molecule has 0 aliphatic carbocycles. The molecule has 16 heavy (non-hydrogen) atoms. The largest absolute Gasteiger partial charge is 0.368 e. The first-order valence-electron chi connectivity index (χ1n) is 5.88. The van der Waals surface area contributed by atoms with Crippen molar-refractivity contribution < 1.29 is 0 Å². The van der Waals surface area contributed by atoms with Crippen molar-refractivity contribution >= 4 is 21.6 Å². The Bertz CT molecular complexity index is 367. The molecule has 0 amide bonds. The first-order valence-corrected chi connectivity index (χ1v) is 6.68. The minimum atomic E-state index is 0.251. The number of rotatable bonds is 2. The van der Waals surface area contributed by atoms with Gasteiger partial charge in [0.1, 0.15) is 0 Å². The fraction of sp³-hybridized carbons (Fsp3) is 0.538. The standard InChI is InChI=1S/C13H19BrN2/c1-3-13(2)10-16(8-7-15-13)12-6-4-5-11(14)9-12/h4-6,9,15H,3,7-8,10H2,1-2H3. The molecule has 1 N–H and O–H groups in total. The lowest BCUT2D eigenvalue weighted by Gasteiger charge is -2.42. The van der Waals surface area contributed by atoms with Gasteiger partial charge in [-0.05, 0) is 31.5 Å². The number of halogens is 1. The number of piperazine rings is 1. The molecule has 2 rings (SSSR count). The Morgan fingerprint density at radius 3 is 3.00 bits per heavy atom. The second-order valence-corrected chi connectivity index (χ2v) is 5.66. The van der Waals surface area contributed by atoms with Crippen LogP contribution in [0.25, 0.3) is 0 Å². The predicted octanol–water partition coefficient (Wildman–Crippen LogP) is 3.03. The summed E-state index contributed by atoms with van der Waals surface area (Å²) in [5.41, 5.74) is 1.57. The number of hydrogen-bond donors (Lipinski definition) is 1. The zero-order valence-electron chi connectivity index (χ0n) is 9.96. The Hall–Kier alpha value is -0.540. The van der Waals surface area contributed by atoms with Gasteiger partial charge in [0.25, 0.3) is 0 Å². The summed E-state index contributed by atoms with van der Waals surface area (Å²) in [6.45, 7) is 7.79. The highest BCUT2D eigenvalue weighted by molar-refractivity contribution is 9.10. The van der Waals surface area contributed by atoms with Crippen LogP contribution in [0.5, 0.6) is 0 Å². The Morgan fingerprint density at radius 1 is 1.50 bits per heavy atom. The van der Waals surface area contributed by atoms with Gasteiger partial charge in [-0.15, -0.1) is 0 Å². The first-order chi connectivity index (χ1) is 7.63. The molecule has 1 aromatic carbocycles. The van der Waals surface area contributed by atoms with E-state index < -0.39 is 0 Å². The van der Waals surface area contributed by atoms with Crippen LogP contribution in [0.3, 0.4) is 0 Å². The maximum absolute atomic E-state index is 3.61. The lowest BCUT2D eigenvalue weighted by atomic mass is 9.95. The van der Waals surface area contributed by atoms with Gasteiger partial charge in [-0.2, -0.15) is 0 Å². The molecule has 1 saturated heterocycles. The molecule has 0 saturated carbocycles. The summed E-state index contributed by atoms with van der Waals surface area (Å²) in [4.78, 5) is 2.46. The quantitative estimate of drug-likeness (QED) is 0.897. The van der Waals surface area contributed by atoms with E-state index in [9.17, 15) is 0 Å². The van der Waals surface area contributed by atoms with Crippen molar-refractivity contribution in [1.29, 1.82) is 0 Å². The van der Waals surface area contributed by atoms with Crippen LogP contribution in [0.4, 0.5) is 5.69 Å². The lowest BCUT2D eigenvalue weighted by Crippen LogP contribution is -2.58. The maximum atomic E-state index is 3.61. The third-order valence-electron chi connectivity index (χ3n) is 3.43. The minimum Gasteiger partial charge on any atom is -0.368 e. The van der Waals surface area contributed by atoms with Crippen LogP contribution in [0.2, 0.25) is 0 Å². The summed E-state index contributed by atoms with van der Waals surface area (Å²) < 4.78 is 1.15. The zero-order valence-corrected chi connectivity index (χ0v) is 11.5. The van der Waals surface area contributed by atoms with E-state index in [4.69, 9.17) is 0 Å². The van der Waals surface area contributed by atoms with Gasteiger partial charge in [0.05, 0.1) is 0 Å². The van der Waals surface area contributed by atoms with Crippen molar-refractivity contribution in [3.05, 3.63) is 28.7 Å². The number of hydrogen-bond acceptors (Lipinski definition) is 2. The van der Waals surface area contributed by atoms with Crippen molar-refractivity contribution in [3.63, 3.8) is 0 Å². The van der Waals surface area contributed by atoms with E-state index >= 15 is 0 Å². The zero-order chi connectivity index (χ0) is 11.6. The van der Waals surface area contributed by atoms with E-state index in [2.05, 4.69) is 64.3 Å². The van der Waals surface area contributed by atoms with E-state index in [1.165, 1.54) is 5.69 Å². The second kappa shape index (κ2) is 4.76. The smallest absolute Gasteiger partial charge is 0.0378 e. The Morgan fingerprint density at radius 2 is 2.31 bits per heavy atom. The van der Waals surface area contributed by atoms with Gasteiger partial charge in [0.15, 0.2) is 0 Å². The van der Waals surface area contributed by atoms with E-state index in [-0.39, 0.29) is 5.54 Å². The fourth-order valence-corrected chi connectivity index (χ4v) is 2.57. The number of anilines is 1. The second-order valence-electron chi connectivity index (χ2n) is 4.74. The highest BCUT2D eigenvalue weighted by Gasteiger charge is 2.28. The van der Waals surface area contributed by atoms with E-state index in [0.717, 1.165) is 30.5 Å². The Labute approximate surface area is 106 Å². The molecule has 0 bridgehead atoms. The minimum absolute atomic E-state index is 0.251. The molecule has 0 aromatic heterocycles. The van der Waals surface area contributed by atoms with Gasteiger partial charge in [-0.3, -0.25) is 0 Å². The van der Waals surface area contributed by atoms with Crippen LogP contribution >= 0.6 is 15.9 Å². The van der Waals surface area contributed by atoms with Crippen LogP contribution in [0.15, 0.2) is 28.7 Å². The molecule has 3 heteroatoms. The lowest BCUT2D eigenvalue weighted by molar-refractivity contribution is 0.314. The molecule has 1 aliphatic heterocycles. The number of benzene rings is 1. The molecule has 1 aliphatic rings. The highest BCUT2D eigenvalue weighted by Crippen LogP contribution is 2.24. The normalized spacial score (nSPS) is 25.8. The molecule has 0 spiro atoms. The molecule has 1 aromatic rings. The summed E-state index contributed by atoms with van der Waals surface area (Å²) in [5, 5.41) is 3.61. The van der Waals surface area contributed by atoms with Crippen LogP contribution < -0.4 is 10.2 Å². The predicted molar refractivity (Wildman–Crippen MR) is 73.1 cm³/mol. The van der Waals surface area contributed by atoms with E-state index in [1.54, 1.807) is 0 Å². The van der Waals surface area contributed by atoms with Gasteiger partial charge >= 0.3 is 0 Å². The molecule has 88 valence electrons. The molecule has 0 radical (unpaired) electrons. The third-order valence-corrected chi connectivity index (χ3v) is 3.92.